The van der Waals surface area contributed by atoms with Gasteiger partial charge in [0.1, 0.15) is 5.75 Å². The first-order valence-electron chi connectivity index (χ1n) is 6.64. The summed E-state index contributed by atoms with van der Waals surface area (Å²) in [5, 5.41) is 2.83. The fraction of sp³-hybridized carbons (Fsp3) is 0.429. The van der Waals surface area contributed by atoms with Gasteiger partial charge in [0.05, 0.1) is 5.92 Å². The average molecular weight is 277 g/mol. The van der Waals surface area contributed by atoms with Crippen LogP contribution in [0, 0.1) is 5.92 Å². The SMILES string of the molecule is NC(=O)COc1cccc(NC(=O)C2CCCC2N)c1. The summed E-state index contributed by atoms with van der Waals surface area (Å²) in [7, 11) is 0. The highest BCUT2D eigenvalue weighted by molar-refractivity contribution is 5.93. The van der Waals surface area contributed by atoms with Gasteiger partial charge >= 0.3 is 0 Å². The second-order valence-electron chi connectivity index (χ2n) is 4.97. The third-order valence-corrected chi connectivity index (χ3v) is 3.39. The minimum Gasteiger partial charge on any atom is -0.484 e. The molecular formula is C14H19N3O3. The van der Waals surface area contributed by atoms with Crippen LogP contribution >= 0.6 is 0 Å². The monoisotopic (exact) mass is 277 g/mol. The maximum absolute atomic E-state index is 12.1. The van der Waals surface area contributed by atoms with Crippen LogP contribution in [0.25, 0.3) is 0 Å². The Morgan fingerprint density at radius 3 is 2.80 bits per heavy atom. The van der Waals surface area contributed by atoms with Crippen molar-refractivity contribution >= 4 is 17.5 Å². The summed E-state index contributed by atoms with van der Waals surface area (Å²) in [6.45, 7) is -0.190. The van der Waals surface area contributed by atoms with E-state index in [-0.39, 0.29) is 24.5 Å². The number of carbonyl (C=O) groups is 2. The number of nitrogens with two attached hydrogens (primary N) is 2. The lowest BCUT2D eigenvalue weighted by Gasteiger charge is -2.15. The first-order chi connectivity index (χ1) is 9.56. The van der Waals surface area contributed by atoms with Crippen molar-refractivity contribution in [1.29, 1.82) is 0 Å². The quantitative estimate of drug-likeness (QED) is 0.733. The van der Waals surface area contributed by atoms with Crippen LogP contribution in [0.3, 0.4) is 0 Å². The number of hydrogen-bond donors (Lipinski definition) is 3. The second-order valence-corrected chi connectivity index (χ2v) is 4.97. The molecule has 0 bridgehead atoms. The standard InChI is InChI=1S/C14H19N3O3/c15-12-6-2-5-11(12)14(19)17-9-3-1-4-10(7-9)20-8-13(16)18/h1,3-4,7,11-12H,2,5-6,8,15H2,(H2,16,18)(H,17,19). The lowest BCUT2D eigenvalue weighted by Crippen LogP contribution is -2.34. The largest absolute Gasteiger partial charge is 0.484 e. The summed E-state index contributed by atoms with van der Waals surface area (Å²) >= 11 is 0. The van der Waals surface area contributed by atoms with E-state index in [9.17, 15) is 9.59 Å². The first-order valence-corrected chi connectivity index (χ1v) is 6.64. The Hall–Kier alpha value is -2.08. The number of primary amides is 1. The van der Waals surface area contributed by atoms with E-state index < -0.39 is 5.91 Å². The molecular weight excluding hydrogens is 258 g/mol. The minimum absolute atomic E-state index is 0.0655. The van der Waals surface area contributed by atoms with Crippen molar-refractivity contribution in [3.8, 4) is 5.75 Å². The molecule has 0 aliphatic heterocycles. The molecule has 1 aromatic rings. The molecule has 0 aromatic heterocycles. The molecule has 1 saturated carbocycles. The zero-order valence-electron chi connectivity index (χ0n) is 11.2. The molecule has 2 atom stereocenters. The van der Waals surface area contributed by atoms with Gasteiger partial charge in [-0.05, 0) is 25.0 Å². The van der Waals surface area contributed by atoms with Crippen LogP contribution in [0.15, 0.2) is 24.3 Å². The topological polar surface area (TPSA) is 107 Å². The second kappa shape index (κ2) is 6.38. The van der Waals surface area contributed by atoms with Crippen molar-refractivity contribution < 1.29 is 14.3 Å². The number of benzene rings is 1. The van der Waals surface area contributed by atoms with Gasteiger partial charge in [0.25, 0.3) is 5.91 Å². The highest BCUT2D eigenvalue weighted by Gasteiger charge is 2.30. The smallest absolute Gasteiger partial charge is 0.255 e. The Bertz CT molecular complexity index is 504. The number of ether oxygens (including phenoxy) is 1. The maximum atomic E-state index is 12.1. The maximum Gasteiger partial charge on any atom is 0.255 e. The summed E-state index contributed by atoms with van der Waals surface area (Å²) in [4.78, 5) is 22.8. The molecule has 1 aliphatic carbocycles. The molecule has 0 radical (unpaired) electrons. The van der Waals surface area contributed by atoms with Gasteiger partial charge in [0.2, 0.25) is 5.91 Å². The molecule has 1 aliphatic rings. The summed E-state index contributed by atoms with van der Waals surface area (Å²) in [6, 6.07) is 6.78. The summed E-state index contributed by atoms with van der Waals surface area (Å²) in [5.74, 6) is -0.263. The van der Waals surface area contributed by atoms with E-state index in [0.29, 0.717) is 11.4 Å². The predicted molar refractivity (Wildman–Crippen MR) is 75.1 cm³/mol. The number of rotatable bonds is 5. The molecule has 1 fully saturated rings. The third kappa shape index (κ3) is 3.71. The highest BCUT2D eigenvalue weighted by Crippen LogP contribution is 2.26. The molecule has 6 nitrogen and oxygen atoms in total. The van der Waals surface area contributed by atoms with Crippen LogP contribution in [-0.2, 0) is 9.59 Å². The van der Waals surface area contributed by atoms with Crippen LogP contribution in [0.5, 0.6) is 5.75 Å². The van der Waals surface area contributed by atoms with E-state index in [2.05, 4.69) is 5.32 Å². The summed E-state index contributed by atoms with van der Waals surface area (Å²) < 4.78 is 5.19. The number of anilines is 1. The first kappa shape index (κ1) is 14.3. The summed E-state index contributed by atoms with van der Waals surface area (Å²) in [6.07, 6.45) is 2.70. The number of hydrogen-bond acceptors (Lipinski definition) is 4. The van der Waals surface area contributed by atoms with Gasteiger partial charge < -0.3 is 21.5 Å². The Kier molecular flexibility index (Phi) is 4.57. The van der Waals surface area contributed by atoms with Crippen LogP contribution in [0.2, 0.25) is 0 Å². The van der Waals surface area contributed by atoms with E-state index in [1.54, 1.807) is 24.3 Å². The van der Waals surface area contributed by atoms with Gasteiger partial charge in [0, 0.05) is 17.8 Å². The molecule has 0 spiro atoms. The molecule has 2 amide bonds. The molecule has 2 rings (SSSR count). The van der Waals surface area contributed by atoms with Crippen LogP contribution in [0.1, 0.15) is 19.3 Å². The van der Waals surface area contributed by atoms with E-state index in [0.717, 1.165) is 19.3 Å². The van der Waals surface area contributed by atoms with Gasteiger partial charge in [-0.1, -0.05) is 12.5 Å². The third-order valence-electron chi connectivity index (χ3n) is 3.39. The Morgan fingerprint density at radius 2 is 2.15 bits per heavy atom. The normalized spacial score (nSPS) is 21.4. The van der Waals surface area contributed by atoms with Gasteiger partial charge in [-0.15, -0.1) is 0 Å². The molecule has 6 heteroatoms. The zero-order valence-corrected chi connectivity index (χ0v) is 11.2. The molecule has 0 heterocycles. The van der Waals surface area contributed by atoms with Crippen molar-refractivity contribution in [3.05, 3.63) is 24.3 Å². The predicted octanol–water partition coefficient (Wildman–Crippen LogP) is 0.617. The van der Waals surface area contributed by atoms with Crippen LogP contribution in [-0.4, -0.2) is 24.5 Å². The number of carbonyl (C=O) groups excluding carboxylic acids is 2. The van der Waals surface area contributed by atoms with Crippen molar-refractivity contribution in [2.75, 3.05) is 11.9 Å². The van der Waals surface area contributed by atoms with Gasteiger partial charge in [-0.25, -0.2) is 0 Å². The van der Waals surface area contributed by atoms with Crippen molar-refractivity contribution in [1.82, 2.24) is 0 Å². The lowest BCUT2D eigenvalue weighted by atomic mass is 10.0. The molecule has 5 N–H and O–H groups in total. The lowest BCUT2D eigenvalue weighted by molar-refractivity contribution is -0.120. The molecule has 20 heavy (non-hydrogen) atoms. The molecule has 0 saturated heterocycles. The van der Waals surface area contributed by atoms with E-state index in [1.807, 2.05) is 0 Å². The van der Waals surface area contributed by atoms with E-state index in [1.165, 1.54) is 0 Å². The van der Waals surface area contributed by atoms with Crippen molar-refractivity contribution in [2.45, 2.75) is 25.3 Å². The fourth-order valence-electron chi connectivity index (χ4n) is 2.37. The highest BCUT2D eigenvalue weighted by atomic mass is 16.5. The van der Waals surface area contributed by atoms with Crippen LogP contribution in [0.4, 0.5) is 5.69 Å². The molecule has 1 aromatic carbocycles. The molecule has 108 valence electrons. The van der Waals surface area contributed by atoms with Crippen molar-refractivity contribution in [2.24, 2.45) is 17.4 Å². The van der Waals surface area contributed by atoms with E-state index in [4.69, 9.17) is 16.2 Å². The number of nitrogens with one attached hydrogen (secondary N) is 1. The van der Waals surface area contributed by atoms with Crippen molar-refractivity contribution in [3.63, 3.8) is 0 Å². The van der Waals surface area contributed by atoms with Gasteiger partial charge in [0.15, 0.2) is 6.61 Å². The van der Waals surface area contributed by atoms with Gasteiger partial charge in [-0.3, -0.25) is 9.59 Å². The Labute approximate surface area is 117 Å². The summed E-state index contributed by atoms with van der Waals surface area (Å²) in [5.41, 5.74) is 11.5. The number of amides is 2. The molecule has 2 unspecified atom stereocenters. The minimum atomic E-state index is -0.545. The Morgan fingerprint density at radius 1 is 1.35 bits per heavy atom. The Balaban J connectivity index is 1.96. The average Bonchev–Trinajstić information content (AvgIpc) is 2.83. The van der Waals surface area contributed by atoms with Crippen LogP contribution < -0.4 is 21.5 Å². The van der Waals surface area contributed by atoms with E-state index >= 15 is 0 Å². The fourth-order valence-corrected chi connectivity index (χ4v) is 2.37. The van der Waals surface area contributed by atoms with Gasteiger partial charge in [-0.2, -0.15) is 0 Å². The zero-order chi connectivity index (χ0) is 14.5.